The molecule has 1 aliphatic rings. The van der Waals surface area contributed by atoms with Crippen molar-refractivity contribution in [2.45, 2.75) is 77.5 Å². The molecular formula is C23H34N4O3. The van der Waals surface area contributed by atoms with E-state index in [0.29, 0.717) is 5.95 Å². The third kappa shape index (κ3) is 5.39. The molecule has 7 heteroatoms. The van der Waals surface area contributed by atoms with Crippen LogP contribution in [0.25, 0.3) is 10.9 Å². The number of anilines is 1. The Hall–Kier alpha value is -2.41. The van der Waals surface area contributed by atoms with Gasteiger partial charge in [0.15, 0.2) is 0 Å². The number of rotatable bonds is 8. The maximum atomic E-state index is 13.0. The van der Waals surface area contributed by atoms with Gasteiger partial charge in [0.25, 0.3) is 0 Å². The molecule has 2 N–H and O–H groups in total. The Kier molecular flexibility index (Phi) is 6.81. The van der Waals surface area contributed by atoms with Crippen molar-refractivity contribution < 1.29 is 14.6 Å². The summed E-state index contributed by atoms with van der Waals surface area (Å²) in [6.45, 7) is 8.38. The van der Waals surface area contributed by atoms with Crippen LogP contribution in [0.5, 0.6) is 5.75 Å². The zero-order chi connectivity index (χ0) is 21.9. The van der Waals surface area contributed by atoms with Gasteiger partial charge in [-0.25, -0.2) is 9.97 Å². The number of carbonyl (C=O) groups is 1. The van der Waals surface area contributed by atoms with Crippen molar-refractivity contribution in [2.24, 2.45) is 0 Å². The van der Waals surface area contributed by atoms with Gasteiger partial charge in [0.05, 0.1) is 23.9 Å². The Morgan fingerprint density at radius 2 is 2.17 bits per heavy atom. The fourth-order valence-corrected chi connectivity index (χ4v) is 4.03. The fraction of sp³-hybridized carbons (Fsp3) is 0.609. The molecule has 1 amide bonds. The van der Waals surface area contributed by atoms with E-state index in [1.807, 2.05) is 50.8 Å². The van der Waals surface area contributed by atoms with E-state index in [1.54, 1.807) is 7.11 Å². The molecule has 3 rings (SSSR count). The summed E-state index contributed by atoms with van der Waals surface area (Å²) in [6, 6.07) is 5.58. The standard InChI is InChI=1S/C23H34N4O3/c1-15(8-6-12-23(3,4)29)24-21(28)20-9-7-13-27(20)22-25-16(2)18-14-17(30-5)10-11-19(18)26-22/h10-11,14-15,20,29H,6-9,12-13H2,1-5H3,(H,24,28)/t15-,20+/m0/s1. The van der Waals surface area contributed by atoms with Gasteiger partial charge in [0, 0.05) is 18.0 Å². The molecule has 2 aromatic rings. The second-order valence-electron chi connectivity index (χ2n) is 8.96. The van der Waals surface area contributed by atoms with Crippen LogP contribution in [0.3, 0.4) is 0 Å². The molecular weight excluding hydrogens is 380 g/mol. The number of hydrogen-bond donors (Lipinski definition) is 2. The smallest absolute Gasteiger partial charge is 0.243 e. The highest BCUT2D eigenvalue weighted by Crippen LogP contribution is 2.28. The largest absolute Gasteiger partial charge is 0.497 e. The first kappa shape index (κ1) is 22.3. The molecule has 0 spiro atoms. The molecule has 2 heterocycles. The topological polar surface area (TPSA) is 87.6 Å². The fourth-order valence-electron chi connectivity index (χ4n) is 4.03. The number of aryl methyl sites for hydroxylation is 1. The Balaban J connectivity index is 1.70. The molecule has 0 unspecified atom stereocenters. The second kappa shape index (κ2) is 9.16. The number of aromatic nitrogens is 2. The molecule has 1 saturated heterocycles. The molecule has 0 radical (unpaired) electrons. The molecule has 0 bridgehead atoms. The van der Waals surface area contributed by atoms with E-state index in [0.717, 1.165) is 61.0 Å². The van der Waals surface area contributed by atoms with E-state index in [2.05, 4.69) is 5.32 Å². The van der Waals surface area contributed by atoms with Gasteiger partial charge in [0.2, 0.25) is 11.9 Å². The molecule has 0 aliphatic carbocycles. The van der Waals surface area contributed by atoms with Gasteiger partial charge in [0.1, 0.15) is 11.8 Å². The maximum absolute atomic E-state index is 13.0. The SMILES string of the molecule is COc1ccc2nc(N3CCC[C@@H]3C(=O)N[C@@H](C)CCCC(C)(C)O)nc(C)c2c1. The molecule has 1 aliphatic heterocycles. The third-order valence-electron chi connectivity index (χ3n) is 5.71. The summed E-state index contributed by atoms with van der Waals surface area (Å²) >= 11 is 0. The first-order valence-corrected chi connectivity index (χ1v) is 10.8. The third-order valence-corrected chi connectivity index (χ3v) is 5.71. The number of nitrogens with zero attached hydrogens (tertiary/aromatic N) is 3. The van der Waals surface area contributed by atoms with Gasteiger partial charge in [-0.2, -0.15) is 0 Å². The average Bonchev–Trinajstić information content (AvgIpc) is 3.16. The normalized spacial score (nSPS) is 17.9. The van der Waals surface area contributed by atoms with Gasteiger partial charge in [-0.05, 0) is 78.0 Å². The Morgan fingerprint density at radius 1 is 1.40 bits per heavy atom. The molecule has 7 nitrogen and oxygen atoms in total. The molecule has 1 fully saturated rings. The number of fused-ring (bicyclic) bond motifs is 1. The van der Waals surface area contributed by atoms with Gasteiger partial charge < -0.3 is 20.1 Å². The van der Waals surface area contributed by atoms with Crippen LogP contribution < -0.4 is 15.0 Å². The van der Waals surface area contributed by atoms with E-state index in [4.69, 9.17) is 14.7 Å². The molecule has 1 aromatic heterocycles. The number of carbonyl (C=O) groups excluding carboxylic acids is 1. The van der Waals surface area contributed by atoms with Crippen molar-refractivity contribution >= 4 is 22.8 Å². The Morgan fingerprint density at radius 3 is 2.87 bits per heavy atom. The monoisotopic (exact) mass is 414 g/mol. The minimum Gasteiger partial charge on any atom is -0.497 e. The minimum absolute atomic E-state index is 0.0272. The van der Waals surface area contributed by atoms with Crippen molar-refractivity contribution in [3.05, 3.63) is 23.9 Å². The number of aliphatic hydroxyl groups is 1. The molecule has 30 heavy (non-hydrogen) atoms. The number of amides is 1. The Labute approximate surface area is 178 Å². The van der Waals surface area contributed by atoms with E-state index in [1.165, 1.54) is 0 Å². The number of benzene rings is 1. The number of methoxy groups -OCH3 is 1. The summed E-state index contributed by atoms with van der Waals surface area (Å²) in [5.74, 6) is 1.41. The molecule has 0 saturated carbocycles. The van der Waals surface area contributed by atoms with Crippen molar-refractivity contribution in [3.8, 4) is 5.75 Å². The zero-order valence-electron chi connectivity index (χ0n) is 18.7. The van der Waals surface area contributed by atoms with Crippen LogP contribution in [0.15, 0.2) is 18.2 Å². The van der Waals surface area contributed by atoms with Crippen LogP contribution in [-0.2, 0) is 4.79 Å². The van der Waals surface area contributed by atoms with Crippen LogP contribution in [0.1, 0.15) is 58.6 Å². The number of nitrogens with one attached hydrogen (secondary N) is 1. The summed E-state index contributed by atoms with van der Waals surface area (Å²) in [5.41, 5.74) is 1.06. The number of hydrogen-bond acceptors (Lipinski definition) is 6. The van der Waals surface area contributed by atoms with Crippen LogP contribution in [0.4, 0.5) is 5.95 Å². The van der Waals surface area contributed by atoms with Crippen molar-refractivity contribution in [2.75, 3.05) is 18.6 Å². The van der Waals surface area contributed by atoms with E-state index >= 15 is 0 Å². The lowest BCUT2D eigenvalue weighted by molar-refractivity contribution is -0.122. The summed E-state index contributed by atoms with van der Waals surface area (Å²) < 4.78 is 5.31. The molecule has 164 valence electrons. The van der Waals surface area contributed by atoms with Crippen molar-refractivity contribution in [1.82, 2.24) is 15.3 Å². The first-order valence-electron chi connectivity index (χ1n) is 10.8. The summed E-state index contributed by atoms with van der Waals surface area (Å²) in [4.78, 5) is 24.4. The van der Waals surface area contributed by atoms with Crippen LogP contribution >= 0.6 is 0 Å². The van der Waals surface area contributed by atoms with Gasteiger partial charge >= 0.3 is 0 Å². The van der Waals surface area contributed by atoms with Gasteiger partial charge in [-0.1, -0.05) is 0 Å². The first-order chi connectivity index (χ1) is 14.2. The van der Waals surface area contributed by atoms with Crippen LogP contribution in [0.2, 0.25) is 0 Å². The lowest BCUT2D eigenvalue weighted by Gasteiger charge is -2.26. The van der Waals surface area contributed by atoms with E-state index in [-0.39, 0.29) is 18.0 Å². The van der Waals surface area contributed by atoms with Gasteiger partial charge in [-0.3, -0.25) is 4.79 Å². The highest BCUT2D eigenvalue weighted by Gasteiger charge is 2.33. The summed E-state index contributed by atoms with van der Waals surface area (Å²) in [6.07, 6.45) is 4.17. The highest BCUT2D eigenvalue weighted by molar-refractivity contribution is 5.87. The predicted molar refractivity (Wildman–Crippen MR) is 119 cm³/mol. The lowest BCUT2D eigenvalue weighted by atomic mass is 9.99. The molecule has 2 atom stereocenters. The zero-order valence-corrected chi connectivity index (χ0v) is 18.7. The van der Waals surface area contributed by atoms with Crippen LogP contribution in [-0.4, -0.2) is 52.3 Å². The van der Waals surface area contributed by atoms with Gasteiger partial charge in [-0.15, -0.1) is 0 Å². The van der Waals surface area contributed by atoms with Crippen molar-refractivity contribution in [3.63, 3.8) is 0 Å². The molecule has 1 aromatic carbocycles. The highest BCUT2D eigenvalue weighted by atomic mass is 16.5. The average molecular weight is 415 g/mol. The summed E-state index contributed by atoms with van der Waals surface area (Å²) in [7, 11) is 1.64. The predicted octanol–water partition coefficient (Wildman–Crippen LogP) is 3.36. The summed E-state index contributed by atoms with van der Waals surface area (Å²) in [5, 5.41) is 14.0. The quantitative estimate of drug-likeness (QED) is 0.689. The van der Waals surface area contributed by atoms with Crippen LogP contribution in [0, 0.1) is 6.92 Å². The van der Waals surface area contributed by atoms with E-state index in [9.17, 15) is 9.90 Å². The Bertz CT molecular complexity index is 894. The number of ether oxygens (including phenoxy) is 1. The van der Waals surface area contributed by atoms with Crippen molar-refractivity contribution in [1.29, 1.82) is 0 Å². The van der Waals surface area contributed by atoms with E-state index < -0.39 is 5.60 Å². The second-order valence-corrected chi connectivity index (χ2v) is 8.96. The lowest BCUT2D eigenvalue weighted by Crippen LogP contribution is -2.47. The maximum Gasteiger partial charge on any atom is 0.243 e. The minimum atomic E-state index is -0.665.